The van der Waals surface area contributed by atoms with E-state index < -0.39 is 0 Å². The molecule has 1 fully saturated rings. The van der Waals surface area contributed by atoms with Gasteiger partial charge in [-0.2, -0.15) is 0 Å². The molecule has 0 bridgehead atoms. The third kappa shape index (κ3) is 4.64. The van der Waals surface area contributed by atoms with E-state index in [1.807, 2.05) is 29.7 Å². The van der Waals surface area contributed by atoms with Gasteiger partial charge in [-0.05, 0) is 68.2 Å². The van der Waals surface area contributed by atoms with Gasteiger partial charge in [-0.25, -0.2) is 4.98 Å². The van der Waals surface area contributed by atoms with E-state index in [4.69, 9.17) is 9.47 Å². The van der Waals surface area contributed by atoms with Crippen molar-refractivity contribution in [2.24, 2.45) is 0 Å². The zero-order valence-corrected chi connectivity index (χ0v) is 18.5. The summed E-state index contributed by atoms with van der Waals surface area (Å²) in [5.74, 6) is 1.68. The molecule has 7 nitrogen and oxygen atoms in total. The first kappa shape index (κ1) is 21.0. The van der Waals surface area contributed by atoms with E-state index in [0.29, 0.717) is 25.8 Å². The van der Waals surface area contributed by atoms with E-state index in [1.165, 1.54) is 11.8 Å². The average Bonchev–Trinajstić information content (AvgIpc) is 2.82. The van der Waals surface area contributed by atoms with Crippen molar-refractivity contribution in [1.82, 2.24) is 19.8 Å². The number of piperidine rings is 1. The lowest BCUT2D eigenvalue weighted by Crippen LogP contribution is -2.43. The van der Waals surface area contributed by atoms with Crippen molar-refractivity contribution in [2.45, 2.75) is 38.9 Å². The van der Waals surface area contributed by atoms with Crippen LogP contribution in [-0.4, -0.2) is 53.3 Å². The van der Waals surface area contributed by atoms with Crippen LogP contribution in [0.4, 0.5) is 0 Å². The molecule has 2 aliphatic rings. The van der Waals surface area contributed by atoms with Crippen molar-refractivity contribution in [3.05, 3.63) is 64.1 Å². The Morgan fingerprint density at radius 3 is 2.69 bits per heavy atom. The second-order valence-corrected chi connectivity index (χ2v) is 8.72. The maximum atomic E-state index is 12.4. The Bertz CT molecular complexity index is 1150. The maximum Gasteiger partial charge on any atom is 0.269 e. The number of likely N-dealkylation sites (tertiary alicyclic amines) is 1. The minimum atomic E-state index is -0.0286. The number of ether oxygens (including phenoxy) is 2. The molecule has 7 heteroatoms. The fourth-order valence-corrected chi connectivity index (χ4v) is 4.56. The summed E-state index contributed by atoms with van der Waals surface area (Å²) in [5.41, 5.74) is 4.13. The number of rotatable bonds is 6. The number of nitrogens with one attached hydrogen (secondary N) is 1. The first-order valence-electron chi connectivity index (χ1n) is 11.5. The van der Waals surface area contributed by atoms with Gasteiger partial charge in [-0.15, -0.1) is 0 Å². The summed E-state index contributed by atoms with van der Waals surface area (Å²) in [6, 6.07) is 12.8. The first-order chi connectivity index (χ1) is 15.7. The molecule has 0 aliphatic carbocycles. The summed E-state index contributed by atoms with van der Waals surface area (Å²) in [6.07, 6.45) is 3.65. The number of nitrogens with zero attached hydrogens (tertiary/aromatic N) is 3. The highest BCUT2D eigenvalue weighted by Crippen LogP contribution is 2.30. The van der Waals surface area contributed by atoms with Crippen LogP contribution < -0.4 is 20.3 Å². The van der Waals surface area contributed by atoms with Crippen LogP contribution in [0.5, 0.6) is 11.5 Å². The van der Waals surface area contributed by atoms with Crippen LogP contribution in [0.25, 0.3) is 11.0 Å². The van der Waals surface area contributed by atoms with Crippen molar-refractivity contribution in [1.29, 1.82) is 0 Å². The third-order valence-electron chi connectivity index (χ3n) is 6.43. The van der Waals surface area contributed by atoms with E-state index in [0.717, 1.165) is 67.1 Å². The molecule has 0 unspecified atom stereocenters. The molecule has 3 heterocycles. The van der Waals surface area contributed by atoms with Crippen molar-refractivity contribution in [3.8, 4) is 11.5 Å². The van der Waals surface area contributed by atoms with Gasteiger partial charge >= 0.3 is 0 Å². The van der Waals surface area contributed by atoms with Crippen LogP contribution in [0.1, 0.15) is 24.0 Å². The summed E-state index contributed by atoms with van der Waals surface area (Å²) in [6.45, 7) is 7.75. The summed E-state index contributed by atoms with van der Waals surface area (Å²) in [4.78, 5) is 19.2. The van der Waals surface area contributed by atoms with Crippen LogP contribution in [0.3, 0.4) is 0 Å². The van der Waals surface area contributed by atoms with E-state index in [9.17, 15) is 4.79 Å². The molecule has 0 atom stereocenters. The van der Waals surface area contributed by atoms with Crippen molar-refractivity contribution in [2.75, 3.05) is 32.8 Å². The van der Waals surface area contributed by atoms with Gasteiger partial charge in [0.15, 0.2) is 11.5 Å². The third-order valence-corrected chi connectivity index (χ3v) is 6.43. The Hall–Kier alpha value is -2.90. The van der Waals surface area contributed by atoms with Crippen LogP contribution in [0.2, 0.25) is 0 Å². The number of aromatic nitrogens is 2. The highest BCUT2D eigenvalue weighted by atomic mass is 16.6. The van der Waals surface area contributed by atoms with Crippen LogP contribution in [-0.2, 0) is 13.1 Å². The monoisotopic (exact) mass is 434 g/mol. The predicted octanol–water partition coefficient (Wildman–Crippen LogP) is 2.73. The molecule has 0 radical (unpaired) electrons. The molecular weight excluding hydrogens is 404 g/mol. The summed E-state index contributed by atoms with van der Waals surface area (Å²) in [7, 11) is 0. The predicted molar refractivity (Wildman–Crippen MR) is 124 cm³/mol. The topological polar surface area (TPSA) is 68.6 Å². The molecule has 0 spiro atoms. The van der Waals surface area contributed by atoms with Gasteiger partial charge in [0.1, 0.15) is 13.2 Å². The quantitative estimate of drug-likeness (QED) is 0.644. The van der Waals surface area contributed by atoms with Gasteiger partial charge < -0.3 is 24.3 Å². The first-order valence-corrected chi connectivity index (χ1v) is 11.5. The molecule has 3 aromatic rings. The van der Waals surface area contributed by atoms with Crippen molar-refractivity contribution in [3.63, 3.8) is 0 Å². The highest BCUT2D eigenvalue weighted by Gasteiger charge is 2.19. The van der Waals surface area contributed by atoms with Gasteiger partial charge in [0.25, 0.3) is 5.56 Å². The summed E-state index contributed by atoms with van der Waals surface area (Å²) in [5, 5.41) is 3.69. The number of hydrogen-bond acceptors (Lipinski definition) is 6. The molecule has 32 heavy (non-hydrogen) atoms. The van der Waals surface area contributed by atoms with Crippen molar-refractivity contribution < 1.29 is 9.47 Å². The van der Waals surface area contributed by atoms with Gasteiger partial charge in [-0.3, -0.25) is 4.79 Å². The van der Waals surface area contributed by atoms with Gasteiger partial charge in [0, 0.05) is 25.7 Å². The highest BCUT2D eigenvalue weighted by molar-refractivity contribution is 5.75. The second kappa shape index (κ2) is 9.30. The zero-order chi connectivity index (χ0) is 21.9. The van der Waals surface area contributed by atoms with E-state index >= 15 is 0 Å². The minimum absolute atomic E-state index is 0.0286. The fraction of sp³-hybridized carbons (Fsp3) is 0.440. The molecule has 1 N–H and O–H groups in total. The molecule has 2 aliphatic heterocycles. The largest absolute Gasteiger partial charge is 0.486 e. The Morgan fingerprint density at radius 2 is 1.84 bits per heavy atom. The lowest BCUT2D eigenvalue weighted by atomic mass is 10.0. The Labute approximate surface area is 188 Å². The molecule has 0 saturated carbocycles. The molecule has 5 rings (SSSR count). The van der Waals surface area contributed by atoms with E-state index in [2.05, 4.69) is 33.4 Å². The Kier molecular flexibility index (Phi) is 6.10. The molecule has 168 valence electrons. The second-order valence-electron chi connectivity index (χ2n) is 8.72. The number of aryl methyl sites for hydroxylation is 1. The average molecular weight is 435 g/mol. The number of fused-ring (bicyclic) bond motifs is 2. The standard InChI is InChI=1S/C25H30N4O3/c1-18-2-4-21-22(14-18)29(25(30)17-27-21)11-10-28-8-6-20(7-9-28)26-16-19-3-5-23-24(15-19)32-13-12-31-23/h2-5,14-15,17,20,26H,6-13,16H2,1H3. The van der Waals surface area contributed by atoms with E-state index in [-0.39, 0.29) is 5.56 Å². The fourth-order valence-electron chi connectivity index (χ4n) is 4.56. The van der Waals surface area contributed by atoms with Crippen molar-refractivity contribution >= 4 is 11.0 Å². The van der Waals surface area contributed by atoms with Crippen LogP contribution >= 0.6 is 0 Å². The molecule has 2 aromatic carbocycles. The Balaban J connectivity index is 1.13. The summed E-state index contributed by atoms with van der Waals surface area (Å²) >= 11 is 0. The zero-order valence-electron chi connectivity index (χ0n) is 18.5. The van der Waals surface area contributed by atoms with Crippen LogP contribution in [0, 0.1) is 6.92 Å². The lowest BCUT2D eigenvalue weighted by molar-refractivity contribution is 0.171. The minimum Gasteiger partial charge on any atom is -0.486 e. The Morgan fingerprint density at radius 1 is 1.03 bits per heavy atom. The van der Waals surface area contributed by atoms with Crippen LogP contribution in [0.15, 0.2) is 47.4 Å². The summed E-state index contributed by atoms with van der Waals surface area (Å²) < 4.78 is 13.2. The molecule has 1 saturated heterocycles. The lowest BCUT2D eigenvalue weighted by Gasteiger charge is -2.32. The van der Waals surface area contributed by atoms with Gasteiger partial charge in [0.05, 0.1) is 17.2 Å². The molecule has 0 amide bonds. The smallest absolute Gasteiger partial charge is 0.269 e. The van der Waals surface area contributed by atoms with Gasteiger partial charge in [0.2, 0.25) is 0 Å². The number of benzene rings is 2. The molecular formula is C25H30N4O3. The van der Waals surface area contributed by atoms with Gasteiger partial charge in [-0.1, -0.05) is 12.1 Å². The normalized spacial score (nSPS) is 17.0. The maximum absolute atomic E-state index is 12.4. The number of hydrogen-bond donors (Lipinski definition) is 1. The van der Waals surface area contributed by atoms with E-state index in [1.54, 1.807) is 0 Å². The SMILES string of the molecule is Cc1ccc2ncc(=O)n(CCN3CCC(NCc4ccc5c(c4)OCCO5)CC3)c2c1. The molecule has 1 aromatic heterocycles.